The van der Waals surface area contributed by atoms with E-state index in [1.165, 1.54) is 16.7 Å². The van der Waals surface area contributed by atoms with E-state index in [1.54, 1.807) is 0 Å². The summed E-state index contributed by atoms with van der Waals surface area (Å²) in [5.74, 6) is 0.643. The van der Waals surface area contributed by atoms with Crippen LogP contribution in [0.2, 0.25) is 0 Å². The van der Waals surface area contributed by atoms with Gasteiger partial charge in [-0.25, -0.2) is 0 Å². The van der Waals surface area contributed by atoms with E-state index in [2.05, 4.69) is 44.3 Å². The van der Waals surface area contributed by atoms with Crippen LogP contribution in [-0.2, 0) is 13.0 Å². The van der Waals surface area contributed by atoms with Gasteiger partial charge in [0.15, 0.2) is 0 Å². The maximum atomic E-state index is 3.54. The summed E-state index contributed by atoms with van der Waals surface area (Å²) in [4.78, 5) is 0. The van der Waals surface area contributed by atoms with Gasteiger partial charge in [-0.05, 0) is 36.0 Å². The topological polar surface area (TPSA) is 12.0 Å². The number of hydrogen-bond donors (Lipinski definition) is 1. The van der Waals surface area contributed by atoms with Gasteiger partial charge in [-0.2, -0.15) is 0 Å². The van der Waals surface area contributed by atoms with E-state index >= 15 is 0 Å². The molecule has 0 bridgehead atoms. The zero-order chi connectivity index (χ0) is 10.1. The molecular formula is C13H19N. The van der Waals surface area contributed by atoms with Gasteiger partial charge in [-0.3, -0.25) is 0 Å². The standard InChI is InChI=1S/C13H19N/c1-4-11-5-6-13-9(2)10(3)14-8-12(13)7-11/h5-7,9-10,14H,4,8H2,1-3H3. The number of benzene rings is 1. The van der Waals surface area contributed by atoms with Gasteiger partial charge in [0.25, 0.3) is 0 Å². The van der Waals surface area contributed by atoms with E-state index in [-0.39, 0.29) is 0 Å². The van der Waals surface area contributed by atoms with Crippen LogP contribution in [0.3, 0.4) is 0 Å². The first-order valence-corrected chi connectivity index (χ1v) is 5.57. The van der Waals surface area contributed by atoms with Crippen LogP contribution in [0, 0.1) is 0 Å². The van der Waals surface area contributed by atoms with E-state index < -0.39 is 0 Å². The Morgan fingerprint density at radius 1 is 1.36 bits per heavy atom. The normalized spacial score (nSPS) is 25.9. The first-order valence-electron chi connectivity index (χ1n) is 5.57. The lowest BCUT2D eigenvalue weighted by atomic mass is 9.86. The first kappa shape index (κ1) is 9.72. The smallest absolute Gasteiger partial charge is 0.0211 e. The van der Waals surface area contributed by atoms with Crippen LogP contribution in [0.1, 0.15) is 43.4 Å². The molecule has 0 fully saturated rings. The molecule has 2 unspecified atom stereocenters. The quantitative estimate of drug-likeness (QED) is 0.716. The highest BCUT2D eigenvalue weighted by atomic mass is 14.9. The van der Waals surface area contributed by atoms with Crippen molar-refractivity contribution in [2.24, 2.45) is 0 Å². The summed E-state index contributed by atoms with van der Waals surface area (Å²) in [6, 6.07) is 7.55. The molecule has 0 aliphatic carbocycles. The minimum atomic E-state index is 0.606. The van der Waals surface area contributed by atoms with Gasteiger partial charge in [0.05, 0.1) is 0 Å². The first-order chi connectivity index (χ1) is 6.72. The highest BCUT2D eigenvalue weighted by Crippen LogP contribution is 2.28. The SMILES string of the molecule is CCc1ccc2c(c1)CNC(C)C2C. The van der Waals surface area contributed by atoms with E-state index in [0.717, 1.165) is 13.0 Å². The number of aryl methyl sites for hydroxylation is 1. The Bertz CT molecular complexity index is 330. The predicted molar refractivity (Wildman–Crippen MR) is 60.5 cm³/mol. The third kappa shape index (κ3) is 1.57. The van der Waals surface area contributed by atoms with E-state index in [1.807, 2.05) is 0 Å². The van der Waals surface area contributed by atoms with Crippen LogP contribution in [0.15, 0.2) is 18.2 Å². The second kappa shape index (κ2) is 3.74. The molecule has 1 aliphatic rings. The lowest BCUT2D eigenvalue weighted by molar-refractivity contribution is 0.448. The molecular weight excluding hydrogens is 170 g/mol. The molecule has 1 aromatic carbocycles. The lowest BCUT2D eigenvalue weighted by Crippen LogP contribution is -2.35. The van der Waals surface area contributed by atoms with E-state index in [9.17, 15) is 0 Å². The Hall–Kier alpha value is -0.820. The zero-order valence-corrected chi connectivity index (χ0v) is 9.30. The fourth-order valence-corrected chi connectivity index (χ4v) is 2.19. The van der Waals surface area contributed by atoms with Crippen molar-refractivity contribution in [3.8, 4) is 0 Å². The van der Waals surface area contributed by atoms with Crippen LogP contribution in [-0.4, -0.2) is 6.04 Å². The summed E-state index contributed by atoms with van der Waals surface area (Å²) < 4.78 is 0. The van der Waals surface area contributed by atoms with Gasteiger partial charge in [-0.15, -0.1) is 0 Å². The van der Waals surface area contributed by atoms with Crippen LogP contribution in [0.4, 0.5) is 0 Å². The molecule has 0 spiro atoms. The molecule has 2 rings (SSSR count). The molecule has 14 heavy (non-hydrogen) atoms. The van der Waals surface area contributed by atoms with E-state index in [0.29, 0.717) is 12.0 Å². The highest BCUT2D eigenvalue weighted by Gasteiger charge is 2.21. The Morgan fingerprint density at radius 2 is 2.14 bits per heavy atom. The Labute approximate surface area is 86.5 Å². The summed E-state index contributed by atoms with van der Waals surface area (Å²) in [7, 11) is 0. The fraction of sp³-hybridized carbons (Fsp3) is 0.538. The number of rotatable bonds is 1. The third-order valence-corrected chi connectivity index (χ3v) is 3.47. The summed E-state index contributed by atoms with van der Waals surface area (Å²) in [5, 5.41) is 3.54. The van der Waals surface area contributed by atoms with Crippen LogP contribution < -0.4 is 5.32 Å². The van der Waals surface area contributed by atoms with Crippen LogP contribution in [0.25, 0.3) is 0 Å². The second-order valence-electron chi connectivity index (χ2n) is 4.34. The van der Waals surface area contributed by atoms with Gasteiger partial charge in [-0.1, -0.05) is 32.0 Å². The molecule has 76 valence electrons. The van der Waals surface area contributed by atoms with E-state index in [4.69, 9.17) is 0 Å². The Balaban J connectivity index is 2.38. The minimum absolute atomic E-state index is 0.606. The number of fused-ring (bicyclic) bond motifs is 1. The van der Waals surface area contributed by atoms with Gasteiger partial charge < -0.3 is 5.32 Å². The predicted octanol–water partition coefficient (Wildman–Crippen LogP) is 2.84. The molecule has 2 atom stereocenters. The molecule has 0 saturated carbocycles. The van der Waals surface area contributed by atoms with Crippen LogP contribution >= 0.6 is 0 Å². The zero-order valence-electron chi connectivity index (χ0n) is 9.30. The molecule has 1 aliphatic heterocycles. The molecule has 0 aromatic heterocycles. The van der Waals surface area contributed by atoms with Crippen molar-refractivity contribution in [3.05, 3.63) is 34.9 Å². The highest BCUT2D eigenvalue weighted by molar-refractivity contribution is 5.36. The van der Waals surface area contributed by atoms with Gasteiger partial charge in [0.1, 0.15) is 0 Å². The largest absolute Gasteiger partial charge is 0.310 e. The monoisotopic (exact) mass is 189 g/mol. The van der Waals surface area contributed by atoms with Gasteiger partial charge in [0, 0.05) is 12.6 Å². The van der Waals surface area contributed by atoms with Crippen LogP contribution in [0.5, 0.6) is 0 Å². The molecule has 1 aromatic rings. The lowest BCUT2D eigenvalue weighted by Gasteiger charge is -2.30. The maximum Gasteiger partial charge on any atom is 0.0211 e. The van der Waals surface area contributed by atoms with Gasteiger partial charge >= 0.3 is 0 Å². The number of nitrogens with one attached hydrogen (secondary N) is 1. The molecule has 0 amide bonds. The molecule has 1 heterocycles. The molecule has 1 heteroatoms. The second-order valence-corrected chi connectivity index (χ2v) is 4.34. The summed E-state index contributed by atoms with van der Waals surface area (Å²) >= 11 is 0. The molecule has 1 N–H and O–H groups in total. The Kier molecular flexibility index (Phi) is 2.60. The van der Waals surface area contributed by atoms with Crippen molar-refractivity contribution in [2.75, 3.05) is 0 Å². The van der Waals surface area contributed by atoms with Crippen molar-refractivity contribution in [1.82, 2.24) is 5.32 Å². The van der Waals surface area contributed by atoms with Gasteiger partial charge in [0.2, 0.25) is 0 Å². The molecule has 0 radical (unpaired) electrons. The fourth-order valence-electron chi connectivity index (χ4n) is 2.19. The van der Waals surface area contributed by atoms with Crippen molar-refractivity contribution in [1.29, 1.82) is 0 Å². The maximum absolute atomic E-state index is 3.54. The third-order valence-electron chi connectivity index (χ3n) is 3.47. The average molecular weight is 189 g/mol. The van der Waals surface area contributed by atoms with Crippen molar-refractivity contribution in [3.63, 3.8) is 0 Å². The average Bonchev–Trinajstić information content (AvgIpc) is 2.23. The minimum Gasteiger partial charge on any atom is -0.310 e. The van der Waals surface area contributed by atoms with Crippen molar-refractivity contribution in [2.45, 2.75) is 45.7 Å². The van der Waals surface area contributed by atoms with Crippen molar-refractivity contribution < 1.29 is 0 Å². The summed E-state index contributed by atoms with van der Waals surface area (Å²) in [6.45, 7) is 7.82. The summed E-state index contributed by atoms with van der Waals surface area (Å²) in [6.07, 6.45) is 1.14. The summed E-state index contributed by atoms with van der Waals surface area (Å²) in [5.41, 5.74) is 4.48. The number of hydrogen-bond acceptors (Lipinski definition) is 1. The Morgan fingerprint density at radius 3 is 2.86 bits per heavy atom. The molecule has 0 saturated heterocycles. The van der Waals surface area contributed by atoms with Crippen molar-refractivity contribution >= 4 is 0 Å². The molecule has 1 nitrogen and oxygen atoms in total.